The zero-order valence-electron chi connectivity index (χ0n) is 7.75. The highest BCUT2D eigenvalue weighted by Gasteiger charge is 1.92. The molecule has 1 aromatic heterocycles. The van der Waals surface area contributed by atoms with Crippen LogP contribution < -0.4 is 11.1 Å². The SMILES string of the molecule is CCNC(N)=NCCc1cnc[nH]1. The summed E-state index contributed by atoms with van der Waals surface area (Å²) in [6.45, 7) is 3.47. The Morgan fingerprint density at radius 2 is 2.62 bits per heavy atom. The van der Waals surface area contributed by atoms with Gasteiger partial charge in [-0.2, -0.15) is 0 Å². The number of aromatic nitrogens is 2. The fourth-order valence-corrected chi connectivity index (χ4v) is 0.955. The molecule has 72 valence electrons. The molecule has 0 aliphatic rings. The number of guanidine groups is 1. The smallest absolute Gasteiger partial charge is 0.188 e. The second-order valence-electron chi connectivity index (χ2n) is 2.62. The average Bonchev–Trinajstić information content (AvgIpc) is 2.57. The molecule has 1 heterocycles. The summed E-state index contributed by atoms with van der Waals surface area (Å²) in [6, 6.07) is 0. The van der Waals surface area contributed by atoms with E-state index < -0.39 is 0 Å². The summed E-state index contributed by atoms with van der Waals surface area (Å²) < 4.78 is 0. The highest BCUT2D eigenvalue weighted by Crippen LogP contribution is 1.91. The lowest BCUT2D eigenvalue weighted by Crippen LogP contribution is -2.31. The molecule has 1 aromatic rings. The van der Waals surface area contributed by atoms with E-state index in [2.05, 4.69) is 20.3 Å². The van der Waals surface area contributed by atoms with Gasteiger partial charge in [0.1, 0.15) is 0 Å². The highest BCUT2D eigenvalue weighted by atomic mass is 15.1. The lowest BCUT2D eigenvalue weighted by Gasteiger charge is -2.00. The molecule has 13 heavy (non-hydrogen) atoms. The van der Waals surface area contributed by atoms with Crippen molar-refractivity contribution in [3.63, 3.8) is 0 Å². The second-order valence-corrected chi connectivity index (χ2v) is 2.62. The predicted molar refractivity (Wildman–Crippen MR) is 52.5 cm³/mol. The maximum Gasteiger partial charge on any atom is 0.188 e. The third-order valence-electron chi connectivity index (χ3n) is 1.58. The number of nitrogens with one attached hydrogen (secondary N) is 2. The van der Waals surface area contributed by atoms with Gasteiger partial charge in [0.15, 0.2) is 5.96 Å². The lowest BCUT2D eigenvalue weighted by molar-refractivity contribution is 0.892. The Balaban J connectivity index is 2.24. The second kappa shape index (κ2) is 5.18. The normalized spacial score (nSPS) is 11.6. The molecule has 0 fully saturated rings. The minimum Gasteiger partial charge on any atom is -0.370 e. The summed E-state index contributed by atoms with van der Waals surface area (Å²) in [6.07, 6.45) is 4.29. The first-order valence-corrected chi connectivity index (χ1v) is 4.34. The third-order valence-corrected chi connectivity index (χ3v) is 1.58. The van der Waals surface area contributed by atoms with E-state index in [1.807, 2.05) is 6.92 Å². The van der Waals surface area contributed by atoms with E-state index in [9.17, 15) is 0 Å². The molecule has 0 saturated carbocycles. The van der Waals surface area contributed by atoms with Crippen LogP contribution in [0.1, 0.15) is 12.6 Å². The van der Waals surface area contributed by atoms with Crippen molar-refractivity contribution in [3.8, 4) is 0 Å². The number of imidazole rings is 1. The molecule has 4 N–H and O–H groups in total. The number of hydrogen-bond donors (Lipinski definition) is 3. The van der Waals surface area contributed by atoms with Gasteiger partial charge in [0, 0.05) is 31.4 Å². The Morgan fingerprint density at radius 3 is 3.23 bits per heavy atom. The molecule has 0 aromatic carbocycles. The standard InChI is InChI=1S/C8H15N5/c1-2-11-8(9)12-4-3-7-5-10-6-13-7/h5-6H,2-4H2,1H3,(H,10,13)(H3,9,11,12). The van der Waals surface area contributed by atoms with Crippen molar-refractivity contribution in [1.29, 1.82) is 0 Å². The maximum absolute atomic E-state index is 5.54. The summed E-state index contributed by atoms with van der Waals surface area (Å²) in [7, 11) is 0. The van der Waals surface area contributed by atoms with Crippen LogP contribution in [-0.4, -0.2) is 29.0 Å². The summed E-state index contributed by atoms with van der Waals surface area (Å²) in [4.78, 5) is 11.0. The van der Waals surface area contributed by atoms with Gasteiger partial charge in [-0.1, -0.05) is 0 Å². The predicted octanol–water partition coefficient (Wildman–Crippen LogP) is -0.124. The van der Waals surface area contributed by atoms with Crippen molar-refractivity contribution in [1.82, 2.24) is 15.3 Å². The number of nitrogens with two attached hydrogens (primary N) is 1. The Kier molecular flexibility index (Phi) is 3.81. The minimum atomic E-state index is 0.502. The van der Waals surface area contributed by atoms with E-state index in [0.29, 0.717) is 12.5 Å². The van der Waals surface area contributed by atoms with Crippen molar-refractivity contribution in [2.45, 2.75) is 13.3 Å². The van der Waals surface area contributed by atoms with Crippen molar-refractivity contribution >= 4 is 5.96 Å². The fraction of sp³-hybridized carbons (Fsp3) is 0.500. The Morgan fingerprint density at radius 1 is 1.77 bits per heavy atom. The zero-order valence-corrected chi connectivity index (χ0v) is 7.75. The molecule has 0 radical (unpaired) electrons. The molecular formula is C8H15N5. The van der Waals surface area contributed by atoms with Crippen LogP contribution in [0, 0.1) is 0 Å². The molecule has 0 amide bonds. The molecular weight excluding hydrogens is 166 g/mol. The third kappa shape index (κ3) is 3.59. The zero-order chi connectivity index (χ0) is 9.52. The Labute approximate surface area is 77.5 Å². The van der Waals surface area contributed by atoms with Gasteiger partial charge in [-0.25, -0.2) is 4.98 Å². The van der Waals surface area contributed by atoms with Gasteiger partial charge in [-0.3, -0.25) is 4.99 Å². The van der Waals surface area contributed by atoms with Gasteiger partial charge >= 0.3 is 0 Å². The van der Waals surface area contributed by atoms with Crippen LogP contribution >= 0.6 is 0 Å². The quantitative estimate of drug-likeness (QED) is 0.447. The van der Waals surface area contributed by atoms with Crippen molar-refractivity contribution in [3.05, 3.63) is 18.2 Å². The van der Waals surface area contributed by atoms with Gasteiger partial charge in [0.05, 0.1) is 6.33 Å². The van der Waals surface area contributed by atoms with Crippen LogP contribution in [0.4, 0.5) is 0 Å². The number of rotatable bonds is 4. The molecule has 0 atom stereocenters. The number of H-pyrrole nitrogens is 1. The summed E-state index contributed by atoms with van der Waals surface area (Å²) in [5.74, 6) is 0.502. The number of aromatic amines is 1. The largest absolute Gasteiger partial charge is 0.370 e. The average molecular weight is 181 g/mol. The van der Waals surface area contributed by atoms with Crippen LogP contribution in [0.5, 0.6) is 0 Å². The maximum atomic E-state index is 5.54. The summed E-state index contributed by atoms with van der Waals surface area (Å²) in [5.41, 5.74) is 6.61. The molecule has 0 unspecified atom stereocenters. The van der Waals surface area contributed by atoms with E-state index in [0.717, 1.165) is 18.7 Å². The Bertz CT molecular complexity index is 252. The van der Waals surface area contributed by atoms with Gasteiger partial charge in [-0.05, 0) is 6.92 Å². The first kappa shape index (κ1) is 9.57. The number of nitrogens with zero attached hydrogens (tertiary/aromatic N) is 2. The van der Waals surface area contributed by atoms with E-state index in [1.165, 1.54) is 0 Å². The van der Waals surface area contributed by atoms with Crippen molar-refractivity contribution in [2.75, 3.05) is 13.1 Å². The van der Waals surface area contributed by atoms with E-state index >= 15 is 0 Å². The van der Waals surface area contributed by atoms with Crippen LogP contribution in [0.15, 0.2) is 17.5 Å². The molecule has 5 heteroatoms. The summed E-state index contributed by atoms with van der Waals surface area (Å²) in [5, 5.41) is 2.93. The first-order chi connectivity index (χ1) is 6.33. The fourth-order valence-electron chi connectivity index (χ4n) is 0.955. The number of hydrogen-bond acceptors (Lipinski definition) is 2. The van der Waals surface area contributed by atoms with Crippen LogP contribution in [0.2, 0.25) is 0 Å². The van der Waals surface area contributed by atoms with Crippen molar-refractivity contribution < 1.29 is 0 Å². The monoisotopic (exact) mass is 181 g/mol. The molecule has 0 bridgehead atoms. The molecule has 5 nitrogen and oxygen atoms in total. The molecule has 0 spiro atoms. The van der Waals surface area contributed by atoms with E-state index in [4.69, 9.17) is 5.73 Å². The van der Waals surface area contributed by atoms with Gasteiger partial charge in [0.25, 0.3) is 0 Å². The van der Waals surface area contributed by atoms with E-state index in [1.54, 1.807) is 12.5 Å². The Hall–Kier alpha value is -1.52. The van der Waals surface area contributed by atoms with Crippen LogP contribution in [-0.2, 0) is 6.42 Å². The summed E-state index contributed by atoms with van der Waals surface area (Å²) >= 11 is 0. The molecule has 0 aliphatic heterocycles. The molecule has 1 rings (SSSR count). The molecule has 0 aliphatic carbocycles. The van der Waals surface area contributed by atoms with Gasteiger partial charge < -0.3 is 16.0 Å². The van der Waals surface area contributed by atoms with Gasteiger partial charge in [-0.15, -0.1) is 0 Å². The number of aliphatic imine (C=N–C) groups is 1. The van der Waals surface area contributed by atoms with Crippen molar-refractivity contribution in [2.24, 2.45) is 10.7 Å². The first-order valence-electron chi connectivity index (χ1n) is 4.34. The highest BCUT2D eigenvalue weighted by molar-refractivity contribution is 5.77. The lowest BCUT2D eigenvalue weighted by atomic mass is 10.3. The minimum absolute atomic E-state index is 0.502. The van der Waals surface area contributed by atoms with Crippen LogP contribution in [0.3, 0.4) is 0 Å². The van der Waals surface area contributed by atoms with Crippen LogP contribution in [0.25, 0.3) is 0 Å². The molecule has 0 saturated heterocycles. The van der Waals surface area contributed by atoms with E-state index in [-0.39, 0.29) is 0 Å². The van der Waals surface area contributed by atoms with Gasteiger partial charge in [0.2, 0.25) is 0 Å². The topological polar surface area (TPSA) is 79.1 Å².